The van der Waals surface area contributed by atoms with E-state index in [2.05, 4.69) is 0 Å². The Kier molecular flexibility index (Phi) is 1.26. The molecule has 0 unspecified atom stereocenters. The maximum Gasteiger partial charge on any atom is 0.0811 e. The van der Waals surface area contributed by atoms with Crippen LogP contribution in [0.4, 0.5) is 0 Å². The molecule has 1 aliphatic heterocycles. The Morgan fingerprint density at radius 3 is 2.43 bits per heavy atom. The van der Waals surface area contributed by atoms with Crippen LogP contribution in [0.1, 0.15) is 13.3 Å². The summed E-state index contributed by atoms with van der Waals surface area (Å²) in [5, 5.41) is 0. The van der Waals surface area contributed by atoms with Crippen molar-refractivity contribution in [2.24, 2.45) is 0 Å². The summed E-state index contributed by atoms with van der Waals surface area (Å²) in [7, 11) is 0. The van der Waals surface area contributed by atoms with Gasteiger partial charge in [-0.25, -0.2) is 0 Å². The van der Waals surface area contributed by atoms with Crippen LogP contribution in [0.2, 0.25) is 0 Å². The normalized spacial score (nSPS) is 40.3. The van der Waals surface area contributed by atoms with Gasteiger partial charge in [0.05, 0.1) is 18.1 Å². The first kappa shape index (κ1) is 5.39. The van der Waals surface area contributed by atoms with Crippen molar-refractivity contribution < 1.29 is 4.74 Å². The lowest BCUT2D eigenvalue weighted by Crippen LogP contribution is -2.42. The van der Waals surface area contributed by atoms with Gasteiger partial charge >= 0.3 is 0 Å². The highest BCUT2D eigenvalue weighted by atomic mass is 35.5. The maximum atomic E-state index is 5.52. The highest BCUT2D eigenvalue weighted by molar-refractivity contribution is 6.18. The van der Waals surface area contributed by atoms with Gasteiger partial charge in [-0.1, -0.05) is 0 Å². The van der Waals surface area contributed by atoms with E-state index >= 15 is 0 Å². The van der Waals surface area contributed by atoms with E-state index in [0.29, 0.717) is 5.88 Å². The van der Waals surface area contributed by atoms with Crippen molar-refractivity contribution in [3.63, 3.8) is 0 Å². The number of rotatable bonds is 1. The summed E-state index contributed by atoms with van der Waals surface area (Å²) in [4.78, 5) is 0. The minimum atomic E-state index is 0.0293. The Hall–Kier alpha value is 0.250. The van der Waals surface area contributed by atoms with Crippen LogP contribution < -0.4 is 0 Å². The smallest absolute Gasteiger partial charge is 0.0811 e. The number of hydrogen-bond acceptors (Lipinski definition) is 1. The second-order valence-electron chi connectivity index (χ2n) is 2.18. The molecule has 0 radical (unpaired) electrons. The summed E-state index contributed by atoms with van der Waals surface area (Å²) in [6, 6.07) is 0. The highest BCUT2D eigenvalue weighted by Crippen LogP contribution is 2.26. The van der Waals surface area contributed by atoms with Gasteiger partial charge in [-0.3, -0.25) is 0 Å². The van der Waals surface area contributed by atoms with Crippen LogP contribution in [-0.4, -0.2) is 18.1 Å². The summed E-state index contributed by atoms with van der Waals surface area (Å²) >= 11 is 5.52. The van der Waals surface area contributed by atoms with Gasteiger partial charge in [-0.15, -0.1) is 11.6 Å². The van der Waals surface area contributed by atoms with Gasteiger partial charge in [-0.2, -0.15) is 0 Å². The van der Waals surface area contributed by atoms with E-state index in [9.17, 15) is 0 Å². The third kappa shape index (κ3) is 0.892. The average molecular weight is 121 g/mol. The number of halogens is 1. The van der Waals surface area contributed by atoms with Crippen molar-refractivity contribution in [1.82, 2.24) is 0 Å². The van der Waals surface area contributed by atoms with E-state index < -0.39 is 0 Å². The van der Waals surface area contributed by atoms with Crippen LogP contribution in [0, 0.1) is 0 Å². The van der Waals surface area contributed by atoms with Crippen LogP contribution in [0.3, 0.4) is 0 Å². The highest BCUT2D eigenvalue weighted by Gasteiger charge is 2.31. The zero-order valence-corrected chi connectivity index (χ0v) is 5.16. The standard InChI is InChI=1S/C5H9ClO/c1-5(4-6)2-3-7-5/h2-4H2,1H3/t5-/m1/s1. The Morgan fingerprint density at radius 2 is 2.43 bits per heavy atom. The number of alkyl halides is 1. The molecule has 7 heavy (non-hydrogen) atoms. The zero-order chi connectivity index (χ0) is 5.33. The van der Waals surface area contributed by atoms with E-state index in [1.165, 1.54) is 0 Å². The summed E-state index contributed by atoms with van der Waals surface area (Å²) in [5.41, 5.74) is 0.0293. The minimum absolute atomic E-state index is 0.0293. The zero-order valence-electron chi connectivity index (χ0n) is 4.41. The van der Waals surface area contributed by atoms with Gasteiger partial charge in [0.25, 0.3) is 0 Å². The first-order valence-corrected chi connectivity index (χ1v) is 3.00. The summed E-state index contributed by atoms with van der Waals surface area (Å²) in [6.45, 7) is 2.92. The van der Waals surface area contributed by atoms with Crippen molar-refractivity contribution in [2.75, 3.05) is 12.5 Å². The Labute approximate surface area is 48.6 Å². The lowest BCUT2D eigenvalue weighted by molar-refractivity contribution is -0.117. The molecule has 1 heterocycles. The molecular weight excluding hydrogens is 112 g/mol. The van der Waals surface area contributed by atoms with Crippen molar-refractivity contribution in [3.05, 3.63) is 0 Å². The summed E-state index contributed by atoms with van der Waals surface area (Å²) < 4.78 is 5.14. The van der Waals surface area contributed by atoms with Crippen molar-refractivity contribution >= 4 is 11.6 Å². The summed E-state index contributed by atoms with van der Waals surface area (Å²) in [6.07, 6.45) is 1.12. The molecule has 42 valence electrons. The molecular formula is C5H9ClO. The second-order valence-corrected chi connectivity index (χ2v) is 2.45. The first-order chi connectivity index (χ1) is 3.27. The Balaban J connectivity index is 2.29. The monoisotopic (exact) mass is 120 g/mol. The Morgan fingerprint density at radius 1 is 1.86 bits per heavy atom. The van der Waals surface area contributed by atoms with Gasteiger partial charge < -0.3 is 4.74 Å². The fourth-order valence-corrected chi connectivity index (χ4v) is 0.767. The first-order valence-electron chi connectivity index (χ1n) is 2.47. The van der Waals surface area contributed by atoms with E-state index in [0.717, 1.165) is 13.0 Å². The average Bonchev–Trinajstić information content (AvgIpc) is 1.61. The van der Waals surface area contributed by atoms with Crippen LogP contribution in [0.25, 0.3) is 0 Å². The third-order valence-electron chi connectivity index (χ3n) is 1.36. The molecule has 0 bridgehead atoms. The molecule has 0 aromatic rings. The molecule has 0 N–H and O–H groups in total. The lowest BCUT2D eigenvalue weighted by atomic mass is 10.0. The molecule has 0 aromatic heterocycles. The van der Waals surface area contributed by atoms with Crippen LogP contribution in [0.5, 0.6) is 0 Å². The minimum Gasteiger partial charge on any atom is -0.374 e. The molecule has 0 amide bonds. The fraction of sp³-hybridized carbons (Fsp3) is 1.00. The molecule has 1 fully saturated rings. The van der Waals surface area contributed by atoms with Gasteiger partial charge in [0, 0.05) is 6.42 Å². The molecule has 0 aliphatic carbocycles. The number of hydrogen-bond donors (Lipinski definition) is 0. The van der Waals surface area contributed by atoms with Gasteiger partial charge in [-0.05, 0) is 6.92 Å². The maximum absolute atomic E-state index is 5.52. The molecule has 0 aromatic carbocycles. The summed E-state index contributed by atoms with van der Waals surface area (Å²) in [5.74, 6) is 0.632. The van der Waals surface area contributed by atoms with Crippen LogP contribution in [0.15, 0.2) is 0 Å². The van der Waals surface area contributed by atoms with E-state index in [4.69, 9.17) is 16.3 Å². The largest absolute Gasteiger partial charge is 0.374 e. The van der Waals surface area contributed by atoms with E-state index in [1.54, 1.807) is 0 Å². The quantitative estimate of drug-likeness (QED) is 0.476. The molecule has 1 nitrogen and oxygen atoms in total. The van der Waals surface area contributed by atoms with Gasteiger partial charge in [0.2, 0.25) is 0 Å². The Bertz CT molecular complexity index is 63.0. The molecule has 1 rings (SSSR count). The van der Waals surface area contributed by atoms with Crippen molar-refractivity contribution in [1.29, 1.82) is 0 Å². The fourth-order valence-electron chi connectivity index (χ4n) is 0.556. The lowest BCUT2D eigenvalue weighted by Gasteiger charge is -2.36. The predicted octanol–water partition coefficient (Wildman–Crippen LogP) is 1.40. The van der Waals surface area contributed by atoms with Crippen LogP contribution in [-0.2, 0) is 4.74 Å². The second kappa shape index (κ2) is 1.64. The predicted molar refractivity (Wildman–Crippen MR) is 29.7 cm³/mol. The molecule has 1 saturated heterocycles. The van der Waals surface area contributed by atoms with E-state index in [-0.39, 0.29) is 5.60 Å². The van der Waals surface area contributed by atoms with Crippen molar-refractivity contribution in [3.8, 4) is 0 Å². The topological polar surface area (TPSA) is 9.23 Å². The van der Waals surface area contributed by atoms with Gasteiger partial charge in [0.1, 0.15) is 0 Å². The molecule has 2 heteroatoms. The molecule has 0 saturated carbocycles. The molecule has 0 spiro atoms. The SMILES string of the molecule is C[C@]1(CCl)CCO1. The van der Waals surface area contributed by atoms with Gasteiger partial charge in [0.15, 0.2) is 0 Å². The molecule has 1 atom stereocenters. The number of ether oxygens (including phenoxy) is 1. The van der Waals surface area contributed by atoms with E-state index in [1.807, 2.05) is 6.92 Å². The van der Waals surface area contributed by atoms with Crippen LogP contribution >= 0.6 is 11.6 Å². The van der Waals surface area contributed by atoms with Crippen molar-refractivity contribution in [2.45, 2.75) is 18.9 Å². The molecule has 1 aliphatic rings. The third-order valence-corrected chi connectivity index (χ3v) is 1.93.